The minimum atomic E-state index is 0.105. The standard InChI is InChI=1S/C16H24N4O/c1-4-20-16(11-12(2)19-20)15(18-17)10-7-13-5-8-14(21-3)9-6-13/h5-6,8-9,11,15,18H,4,7,10,17H2,1-3H3. The number of nitrogens with zero attached hydrogens (tertiary/aromatic N) is 2. The number of aryl methyl sites for hydroxylation is 3. The summed E-state index contributed by atoms with van der Waals surface area (Å²) in [5.41, 5.74) is 6.36. The Morgan fingerprint density at radius 1 is 1.33 bits per heavy atom. The fraction of sp³-hybridized carbons (Fsp3) is 0.438. The summed E-state index contributed by atoms with van der Waals surface area (Å²) in [5, 5.41) is 4.48. The number of benzene rings is 1. The summed E-state index contributed by atoms with van der Waals surface area (Å²) in [6.45, 7) is 4.95. The number of ether oxygens (including phenoxy) is 1. The number of nitrogens with one attached hydrogen (secondary N) is 1. The van der Waals surface area contributed by atoms with Gasteiger partial charge in [0.05, 0.1) is 24.5 Å². The first-order valence-electron chi connectivity index (χ1n) is 7.31. The van der Waals surface area contributed by atoms with Gasteiger partial charge in [0.15, 0.2) is 0 Å². The van der Waals surface area contributed by atoms with E-state index in [1.54, 1.807) is 7.11 Å². The van der Waals surface area contributed by atoms with Crippen LogP contribution in [0.1, 0.15) is 36.3 Å². The summed E-state index contributed by atoms with van der Waals surface area (Å²) < 4.78 is 7.18. The molecule has 0 aliphatic rings. The van der Waals surface area contributed by atoms with Crippen LogP contribution in [0.3, 0.4) is 0 Å². The van der Waals surface area contributed by atoms with E-state index in [0.29, 0.717) is 0 Å². The van der Waals surface area contributed by atoms with Crippen molar-refractivity contribution in [2.75, 3.05) is 7.11 Å². The second kappa shape index (κ2) is 7.24. The van der Waals surface area contributed by atoms with Gasteiger partial charge in [-0.1, -0.05) is 12.1 Å². The Kier molecular flexibility index (Phi) is 5.36. The van der Waals surface area contributed by atoms with E-state index >= 15 is 0 Å². The molecule has 2 rings (SSSR count). The Morgan fingerprint density at radius 3 is 2.62 bits per heavy atom. The van der Waals surface area contributed by atoms with Gasteiger partial charge >= 0.3 is 0 Å². The molecule has 5 heteroatoms. The molecular weight excluding hydrogens is 264 g/mol. The predicted molar refractivity (Wildman–Crippen MR) is 84.0 cm³/mol. The third-order valence-electron chi connectivity index (χ3n) is 3.67. The zero-order valence-electron chi connectivity index (χ0n) is 13.0. The van der Waals surface area contributed by atoms with Gasteiger partial charge in [0.2, 0.25) is 0 Å². The van der Waals surface area contributed by atoms with Crippen LogP contribution < -0.4 is 16.0 Å². The van der Waals surface area contributed by atoms with E-state index in [-0.39, 0.29) is 6.04 Å². The first-order chi connectivity index (χ1) is 10.2. The van der Waals surface area contributed by atoms with Gasteiger partial charge in [0.1, 0.15) is 5.75 Å². The molecule has 0 amide bonds. The molecular formula is C16H24N4O. The highest BCUT2D eigenvalue weighted by atomic mass is 16.5. The molecule has 1 aromatic heterocycles. The van der Waals surface area contributed by atoms with Crippen LogP contribution in [-0.2, 0) is 13.0 Å². The van der Waals surface area contributed by atoms with Gasteiger partial charge < -0.3 is 4.74 Å². The van der Waals surface area contributed by atoms with Crippen molar-refractivity contribution in [3.05, 3.63) is 47.3 Å². The number of hydrazine groups is 1. The molecule has 1 aromatic carbocycles. The van der Waals surface area contributed by atoms with Crippen molar-refractivity contribution < 1.29 is 4.74 Å². The van der Waals surface area contributed by atoms with Crippen LogP contribution in [-0.4, -0.2) is 16.9 Å². The van der Waals surface area contributed by atoms with E-state index in [2.05, 4.69) is 35.6 Å². The number of methoxy groups -OCH3 is 1. The van der Waals surface area contributed by atoms with Crippen LogP contribution in [0.25, 0.3) is 0 Å². The van der Waals surface area contributed by atoms with E-state index in [1.165, 1.54) is 5.56 Å². The Bertz CT molecular complexity index is 562. The van der Waals surface area contributed by atoms with Crippen LogP contribution in [0.5, 0.6) is 5.75 Å². The highest BCUT2D eigenvalue weighted by Gasteiger charge is 2.15. The first kappa shape index (κ1) is 15.5. The second-order valence-corrected chi connectivity index (χ2v) is 5.13. The Labute approximate surface area is 126 Å². The molecule has 0 aliphatic heterocycles. The van der Waals surface area contributed by atoms with Crippen molar-refractivity contribution in [2.45, 2.75) is 39.3 Å². The largest absolute Gasteiger partial charge is 0.497 e. The monoisotopic (exact) mass is 288 g/mol. The zero-order chi connectivity index (χ0) is 15.2. The summed E-state index contributed by atoms with van der Waals surface area (Å²) in [6, 6.07) is 10.4. The van der Waals surface area contributed by atoms with Gasteiger partial charge in [-0.2, -0.15) is 5.10 Å². The summed E-state index contributed by atoms with van der Waals surface area (Å²) in [5.74, 6) is 6.62. The van der Waals surface area contributed by atoms with Gasteiger partial charge in [-0.15, -0.1) is 0 Å². The van der Waals surface area contributed by atoms with Gasteiger partial charge in [0, 0.05) is 6.54 Å². The van der Waals surface area contributed by atoms with Gasteiger partial charge in [-0.3, -0.25) is 16.0 Å². The molecule has 0 bridgehead atoms. The molecule has 2 aromatic rings. The van der Waals surface area contributed by atoms with Crippen molar-refractivity contribution in [3.63, 3.8) is 0 Å². The minimum Gasteiger partial charge on any atom is -0.497 e. The lowest BCUT2D eigenvalue weighted by molar-refractivity contribution is 0.414. The zero-order valence-corrected chi connectivity index (χ0v) is 13.0. The number of rotatable bonds is 7. The summed E-state index contributed by atoms with van der Waals surface area (Å²) in [7, 11) is 1.68. The third-order valence-corrected chi connectivity index (χ3v) is 3.67. The van der Waals surface area contributed by atoms with Crippen LogP contribution in [0.4, 0.5) is 0 Å². The molecule has 0 spiro atoms. The van der Waals surface area contributed by atoms with E-state index in [0.717, 1.165) is 36.5 Å². The number of nitrogens with two attached hydrogens (primary N) is 1. The first-order valence-corrected chi connectivity index (χ1v) is 7.31. The minimum absolute atomic E-state index is 0.105. The maximum atomic E-state index is 5.74. The van der Waals surface area contributed by atoms with Crippen molar-refractivity contribution in [1.29, 1.82) is 0 Å². The quantitative estimate of drug-likeness (QED) is 0.606. The molecule has 21 heavy (non-hydrogen) atoms. The normalized spacial score (nSPS) is 12.4. The molecule has 3 N–H and O–H groups in total. The average molecular weight is 288 g/mol. The van der Waals surface area contributed by atoms with Crippen LogP contribution in [0.2, 0.25) is 0 Å². The van der Waals surface area contributed by atoms with E-state index < -0.39 is 0 Å². The van der Waals surface area contributed by atoms with Crippen LogP contribution in [0.15, 0.2) is 30.3 Å². The summed E-state index contributed by atoms with van der Waals surface area (Å²) >= 11 is 0. The highest BCUT2D eigenvalue weighted by Crippen LogP contribution is 2.21. The smallest absolute Gasteiger partial charge is 0.118 e. The maximum absolute atomic E-state index is 5.74. The van der Waals surface area contributed by atoms with Gasteiger partial charge in [-0.25, -0.2) is 0 Å². The fourth-order valence-corrected chi connectivity index (χ4v) is 2.52. The molecule has 0 fully saturated rings. The number of hydrogen-bond acceptors (Lipinski definition) is 4. The molecule has 0 saturated carbocycles. The Balaban J connectivity index is 2.04. The average Bonchev–Trinajstić information content (AvgIpc) is 2.89. The molecule has 0 radical (unpaired) electrons. The van der Waals surface area contributed by atoms with Crippen LogP contribution in [0, 0.1) is 6.92 Å². The van der Waals surface area contributed by atoms with Crippen LogP contribution >= 0.6 is 0 Å². The topological polar surface area (TPSA) is 65.1 Å². The summed E-state index contributed by atoms with van der Waals surface area (Å²) in [6.07, 6.45) is 1.88. The van der Waals surface area contributed by atoms with Crippen molar-refractivity contribution in [2.24, 2.45) is 5.84 Å². The Morgan fingerprint density at radius 2 is 2.05 bits per heavy atom. The van der Waals surface area contributed by atoms with Crippen molar-refractivity contribution >= 4 is 0 Å². The molecule has 0 saturated heterocycles. The third kappa shape index (κ3) is 3.83. The Hall–Kier alpha value is -1.85. The molecule has 1 heterocycles. The fourth-order valence-electron chi connectivity index (χ4n) is 2.52. The lowest BCUT2D eigenvalue weighted by Crippen LogP contribution is -2.30. The maximum Gasteiger partial charge on any atom is 0.118 e. The van der Waals surface area contributed by atoms with Crippen molar-refractivity contribution in [1.82, 2.24) is 15.2 Å². The lowest BCUT2D eigenvalue weighted by atomic mass is 10.0. The van der Waals surface area contributed by atoms with Gasteiger partial charge in [0.25, 0.3) is 0 Å². The molecule has 1 atom stereocenters. The molecule has 5 nitrogen and oxygen atoms in total. The predicted octanol–water partition coefficient (Wildman–Crippen LogP) is 2.36. The molecule has 114 valence electrons. The lowest BCUT2D eigenvalue weighted by Gasteiger charge is -2.17. The molecule has 1 unspecified atom stereocenters. The van der Waals surface area contributed by atoms with Gasteiger partial charge in [-0.05, 0) is 50.5 Å². The van der Waals surface area contributed by atoms with E-state index in [9.17, 15) is 0 Å². The molecule has 0 aliphatic carbocycles. The van der Waals surface area contributed by atoms with Crippen molar-refractivity contribution in [3.8, 4) is 5.75 Å². The second-order valence-electron chi connectivity index (χ2n) is 5.13. The SMILES string of the molecule is CCn1nc(C)cc1C(CCc1ccc(OC)cc1)NN. The van der Waals surface area contributed by atoms with E-state index in [1.807, 2.05) is 23.7 Å². The highest BCUT2D eigenvalue weighted by molar-refractivity contribution is 5.27. The van der Waals surface area contributed by atoms with E-state index in [4.69, 9.17) is 10.6 Å². The number of aromatic nitrogens is 2. The number of hydrogen-bond donors (Lipinski definition) is 2. The summed E-state index contributed by atoms with van der Waals surface area (Å²) in [4.78, 5) is 0.